The van der Waals surface area contributed by atoms with Crippen LogP contribution < -0.4 is 10.6 Å². The number of urea groups is 1. The summed E-state index contributed by atoms with van der Waals surface area (Å²) >= 11 is 1.62. The molecule has 5 nitrogen and oxygen atoms in total. The van der Waals surface area contributed by atoms with Gasteiger partial charge < -0.3 is 15.7 Å². The third-order valence-electron chi connectivity index (χ3n) is 3.56. The molecule has 3 N–H and O–H groups in total. The molecule has 1 aliphatic carbocycles. The van der Waals surface area contributed by atoms with Gasteiger partial charge in [-0.3, -0.25) is 0 Å². The quantitative estimate of drug-likeness (QED) is 0.730. The Kier molecular flexibility index (Phi) is 4.23. The predicted octanol–water partition coefficient (Wildman–Crippen LogP) is 2.78. The molecule has 20 heavy (non-hydrogen) atoms. The summed E-state index contributed by atoms with van der Waals surface area (Å²) in [6.07, 6.45) is 3.65. The summed E-state index contributed by atoms with van der Waals surface area (Å²) in [5.41, 5.74) is -0.549. The molecule has 1 aliphatic rings. The van der Waals surface area contributed by atoms with Crippen molar-refractivity contribution >= 4 is 29.4 Å². The van der Waals surface area contributed by atoms with Gasteiger partial charge in [0.2, 0.25) is 0 Å². The van der Waals surface area contributed by atoms with Gasteiger partial charge in [0.25, 0.3) is 0 Å². The molecule has 1 fully saturated rings. The number of carbonyl (C=O) groups excluding carboxylic acids is 1. The Bertz CT molecular complexity index is 514. The molecule has 0 aliphatic heterocycles. The number of nitrogens with one attached hydrogen (secondary N) is 2. The molecule has 1 atom stereocenters. The molecule has 2 amide bonds. The lowest BCUT2D eigenvalue weighted by molar-refractivity contribution is -0.144. The van der Waals surface area contributed by atoms with Crippen LogP contribution in [0.2, 0.25) is 0 Å². The van der Waals surface area contributed by atoms with Gasteiger partial charge in [0.05, 0.1) is 0 Å². The Hall–Kier alpha value is -1.69. The van der Waals surface area contributed by atoms with Crippen LogP contribution >= 0.6 is 11.8 Å². The van der Waals surface area contributed by atoms with Crippen molar-refractivity contribution in [2.45, 2.75) is 30.2 Å². The average molecular weight is 294 g/mol. The lowest BCUT2D eigenvalue weighted by atomic mass is 9.96. The molecule has 0 bridgehead atoms. The fraction of sp³-hybridized carbons (Fsp3) is 0.429. The molecule has 1 saturated carbocycles. The van der Waals surface area contributed by atoms with E-state index < -0.39 is 17.5 Å². The Morgan fingerprint density at radius 1 is 1.30 bits per heavy atom. The molecule has 108 valence electrons. The Labute approximate surface area is 122 Å². The summed E-state index contributed by atoms with van der Waals surface area (Å²) < 4.78 is 0. The Morgan fingerprint density at radius 3 is 2.35 bits per heavy atom. The molecule has 1 aromatic rings. The van der Waals surface area contributed by atoms with Crippen LogP contribution in [0.25, 0.3) is 0 Å². The third-order valence-corrected chi connectivity index (χ3v) is 4.30. The van der Waals surface area contributed by atoms with Crippen LogP contribution in [0.1, 0.15) is 19.8 Å². The number of aliphatic carboxylic acids is 1. The van der Waals surface area contributed by atoms with Gasteiger partial charge in [-0.2, -0.15) is 0 Å². The smallest absolute Gasteiger partial charge is 0.329 e. The third kappa shape index (κ3) is 3.25. The molecule has 0 heterocycles. The zero-order valence-electron chi connectivity index (χ0n) is 11.5. The van der Waals surface area contributed by atoms with Crippen molar-refractivity contribution in [2.24, 2.45) is 5.92 Å². The predicted molar refractivity (Wildman–Crippen MR) is 79.1 cm³/mol. The van der Waals surface area contributed by atoms with Crippen LogP contribution in [0, 0.1) is 5.92 Å². The average Bonchev–Trinajstić information content (AvgIpc) is 3.23. The zero-order chi connectivity index (χ0) is 14.8. The SMILES string of the molecule is CSc1ccc(NC(=O)NC(C)(C(=O)O)C2CC2)cc1. The zero-order valence-corrected chi connectivity index (χ0v) is 12.3. The number of thioether (sulfide) groups is 1. The summed E-state index contributed by atoms with van der Waals surface area (Å²) in [4.78, 5) is 24.4. The number of carboxylic acids is 1. The van der Waals surface area contributed by atoms with Gasteiger partial charge in [0, 0.05) is 10.6 Å². The maximum Gasteiger partial charge on any atom is 0.329 e. The highest BCUT2D eigenvalue weighted by Crippen LogP contribution is 2.39. The van der Waals surface area contributed by atoms with E-state index in [1.807, 2.05) is 18.4 Å². The largest absolute Gasteiger partial charge is 0.480 e. The van der Waals surface area contributed by atoms with E-state index in [-0.39, 0.29) is 5.92 Å². The molecule has 0 saturated heterocycles. The van der Waals surface area contributed by atoms with Crippen molar-refractivity contribution in [3.8, 4) is 0 Å². The highest BCUT2D eigenvalue weighted by molar-refractivity contribution is 7.98. The molecule has 0 aromatic heterocycles. The van der Waals surface area contributed by atoms with Crippen molar-refractivity contribution < 1.29 is 14.7 Å². The first kappa shape index (κ1) is 14.7. The monoisotopic (exact) mass is 294 g/mol. The van der Waals surface area contributed by atoms with E-state index in [2.05, 4.69) is 10.6 Å². The maximum absolute atomic E-state index is 11.9. The first-order valence-corrected chi connectivity index (χ1v) is 7.65. The molecule has 0 radical (unpaired) electrons. The van der Waals surface area contributed by atoms with Gasteiger partial charge in [-0.1, -0.05) is 0 Å². The number of anilines is 1. The van der Waals surface area contributed by atoms with Crippen LogP contribution in [0.5, 0.6) is 0 Å². The van der Waals surface area contributed by atoms with Gasteiger partial charge in [-0.15, -0.1) is 11.8 Å². The van der Waals surface area contributed by atoms with Crippen LogP contribution in [-0.2, 0) is 4.79 Å². The number of benzene rings is 1. The summed E-state index contributed by atoms with van der Waals surface area (Å²) in [6, 6.07) is 6.90. The highest BCUT2D eigenvalue weighted by Gasteiger charge is 2.48. The lowest BCUT2D eigenvalue weighted by Gasteiger charge is -2.26. The van der Waals surface area contributed by atoms with Crippen molar-refractivity contribution in [3.63, 3.8) is 0 Å². The van der Waals surface area contributed by atoms with Crippen molar-refractivity contribution in [1.82, 2.24) is 5.32 Å². The van der Waals surface area contributed by atoms with E-state index in [9.17, 15) is 14.7 Å². The minimum atomic E-state index is -1.19. The summed E-state index contributed by atoms with van der Waals surface area (Å²) in [7, 11) is 0. The molecule has 1 unspecified atom stereocenters. The molecule has 0 spiro atoms. The molecule has 6 heteroatoms. The molecular weight excluding hydrogens is 276 g/mol. The normalized spacial score (nSPS) is 17.1. The molecule has 2 rings (SSSR count). The van der Waals surface area contributed by atoms with Crippen LogP contribution in [-0.4, -0.2) is 28.9 Å². The van der Waals surface area contributed by atoms with E-state index >= 15 is 0 Å². The minimum absolute atomic E-state index is 0.0182. The van der Waals surface area contributed by atoms with Crippen LogP contribution in [0.4, 0.5) is 10.5 Å². The van der Waals surface area contributed by atoms with E-state index in [1.165, 1.54) is 0 Å². The van der Waals surface area contributed by atoms with Crippen molar-refractivity contribution in [2.75, 3.05) is 11.6 Å². The van der Waals surface area contributed by atoms with Gasteiger partial charge in [0.15, 0.2) is 0 Å². The van der Waals surface area contributed by atoms with E-state index in [4.69, 9.17) is 0 Å². The number of carboxylic acid groups (broad SMARTS) is 1. The van der Waals surface area contributed by atoms with Crippen LogP contribution in [0.3, 0.4) is 0 Å². The van der Waals surface area contributed by atoms with Crippen molar-refractivity contribution in [1.29, 1.82) is 0 Å². The number of carbonyl (C=O) groups is 2. The standard InChI is InChI=1S/C14H18N2O3S/c1-14(12(17)18,9-3-4-9)16-13(19)15-10-5-7-11(20-2)8-6-10/h5-9H,3-4H2,1-2H3,(H,17,18)(H2,15,16,19). The van der Waals surface area contributed by atoms with E-state index in [0.29, 0.717) is 5.69 Å². The van der Waals surface area contributed by atoms with E-state index in [1.54, 1.807) is 30.8 Å². The number of rotatable bonds is 5. The second kappa shape index (κ2) is 5.75. The van der Waals surface area contributed by atoms with E-state index in [0.717, 1.165) is 17.7 Å². The number of hydrogen-bond acceptors (Lipinski definition) is 3. The second-order valence-electron chi connectivity index (χ2n) is 5.09. The van der Waals surface area contributed by atoms with Crippen molar-refractivity contribution in [3.05, 3.63) is 24.3 Å². The maximum atomic E-state index is 11.9. The lowest BCUT2D eigenvalue weighted by Crippen LogP contribution is -2.55. The molecular formula is C14H18N2O3S. The fourth-order valence-corrected chi connectivity index (χ4v) is 2.47. The highest BCUT2D eigenvalue weighted by atomic mass is 32.2. The summed E-state index contributed by atoms with van der Waals surface area (Å²) in [5, 5.41) is 14.5. The summed E-state index contributed by atoms with van der Waals surface area (Å²) in [6.45, 7) is 1.56. The van der Waals surface area contributed by atoms with Gasteiger partial charge in [0.1, 0.15) is 5.54 Å². The molecule has 1 aromatic carbocycles. The Morgan fingerprint density at radius 2 is 1.90 bits per heavy atom. The van der Waals surface area contributed by atoms with Gasteiger partial charge >= 0.3 is 12.0 Å². The fourth-order valence-electron chi connectivity index (χ4n) is 2.06. The first-order chi connectivity index (χ1) is 9.45. The van der Waals surface area contributed by atoms with Crippen LogP contribution in [0.15, 0.2) is 29.2 Å². The number of hydrogen-bond donors (Lipinski definition) is 3. The minimum Gasteiger partial charge on any atom is -0.480 e. The first-order valence-electron chi connectivity index (χ1n) is 6.42. The second-order valence-corrected chi connectivity index (χ2v) is 5.97. The topological polar surface area (TPSA) is 78.4 Å². The Balaban J connectivity index is 1.98. The van der Waals surface area contributed by atoms with Gasteiger partial charge in [-0.05, 0) is 56.2 Å². The number of amides is 2. The van der Waals surface area contributed by atoms with Gasteiger partial charge in [-0.25, -0.2) is 9.59 Å². The summed E-state index contributed by atoms with van der Waals surface area (Å²) in [5.74, 6) is -0.975.